The molecule has 1 aromatic rings. The zero-order valence-electron chi connectivity index (χ0n) is 11.3. The summed E-state index contributed by atoms with van der Waals surface area (Å²) < 4.78 is 0. The number of hydrazine groups is 1. The molecule has 0 aromatic carbocycles. The number of nitrogen functional groups attached to an aromatic ring is 1. The third-order valence-corrected chi connectivity index (χ3v) is 3.95. The first-order chi connectivity index (χ1) is 9.32. The lowest BCUT2D eigenvalue weighted by Gasteiger charge is -2.34. The molecule has 2 rings (SSSR count). The molecule has 0 unspecified atom stereocenters. The van der Waals surface area contributed by atoms with Crippen LogP contribution in [0, 0.1) is 5.41 Å². The summed E-state index contributed by atoms with van der Waals surface area (Å²) in [7, 11) is 0. The van der Waals surface area contributed by atoms with Gasteiger partial charge in [0, 0.05) is 18.2 Å². The van der Waals surface area contributed by atoms with Gasteiger partial charge in [0.15, 0.2) is 5.01 Å². The van der Waals surface area contributed by atoms with Crippen LogP contribution in [0.4, 0.5) is 0 Å². The molecule has 8 heteroatoms. The van der Waals surface area contributed by atoms with E-state index in [1.165, 1.54) is 4.90 Å². The average Bonchev–Trinajstić information content (AvgIpc) is 2.80. The predicted octanol–water partition coefficient (Wildman–Crippen LogP) is 0.422. The van der Waals surface area contributed by atoms with Gasteiger partial charge in [-0.1, -0.05) is 13.8 Å². The number of carbonyl (C=O) groups is 3. The number of nitrogens with zero attached hydrogens (tertiary/aromatic N) is 2. The molecule has 108 valence electrons. The van der Waals surface area contributed by atoms with Crippen LogP contribution in [0.3, 0.4) is 0 Å². The largest absolute Gasteiger partial charge is 0.294 e. The van der Waals surface area contributed by atoms with Crippen LogP contribution in [0.5, 0.6) is 0 Å². The van der Waals surface area contributed by atoms with Gasteiger partial charge in [-0.2, -0.15) is 0 Å². The highest BCUT2D eigenvalue weighted by Gasteiger charge is 2.37. The van der Waals surface area contributed by atoms with Gasteiger partial charge in [-0.15, -0.1) is 11.3 Å². The molecular weight excluding hydrogens is 280 g/mol. The highest BCUT2D eigenvalue weighted by Crippen LogP contribution is 2.32. The summed E-state index contributed by atoms with van der Waals surface area (Å²) >= 11 is 1.12. The molecule has 1 aliphatic heterocycles. The minimum Gasteiger partial charge on any atom is -0.288 e. The van der Waals surface area contributed by atoms with E-state index in [1.54, 1.807) is 5.38 Å². The van der Waals surface area contributed by atoms with E-state index in [1.807, 2.05) is 19.3 Å². The first-order valence-corrected chi connectivity index (χ1v) is 6.99. The molecule has 0 atom stereocenters. The van der Waals surface area contributed by atoms with Crippen LogP contribution in [-0.2, 0) is 16.1 Å². The second-order valence-corrected chi connectivity index (χ2v) is 6.37. The third-order valence-electron chi connectivity index (χ3n) is 3.06. The van der Waals surface area contributed by atoms with E-state index in [9.17, 15) is 14.4 Å². The second kappa shape index (κ2) is 5.29. The zero-order chi connectivity index (χ0) is 14.9. The number of thiazole rings is 1. The number of nitrogens with one attached hydrogen (secondary N) is 1. The number of nitrogens with two attached hydrogens (primary N) is 1. The number of amides is 3. The Morgan fingerprint density at radius 2 is 2.05 bits per heavy atom. The molecule has 0 radical (unpaired) electrons. The summed E-state index contributed by atoms with van der Waals surface area (Å²) in [6.07, 6.45) is 0.665. The maximum Gasteiger partial charge on any atom is 0.294 e. The lowest BCUT2D eigenvalue weighted by Crippen LogP contribution is -2.45. The molecule has 1 saturated heterocycles. The fourth-order valence-corrected chi connectivity index (χ4v) is 2.81. The van der Waals surface area contributed by atoms with Crippen molar-refractivity contribution in [1.82, 2.24) is 15.3 Å². The van der Waals surface area contributed by atoms with Gasteiger partial charge in [-0.05, 0) is 5.41 Å². The molecule has 1 aliphatic rings. The maximum atomic E-state index is 12.0. The van der Waals surface area contributed by atoms with Crippen molar-refractivity contribution >= 4 is 29.1 Å². The van der Waals surface area contributed by atoms with Gasteiger partial charge in [0.2, 0.25) is 11.8 Å². The first-order valence-electron chi connectivity index (χ1n) is 6.11. The summed E-state index contributed by atoms with van der Waals surface area (Å²) in [5.74, 6) is 4.12. The number of imide groups is 1. The van der Waals surface area contributed by atoms with E-state index in [2.05, 4.69) is 4.98 Å². The van der Waals surface area contributed by atoms with Gasteiger partial charge in [-0.25, -0.2) is 10.8 Å². The SMILES string of the molecule is CC1(C)CC(=O)N(Cc2csc(C(=O)NN)n2)C(=O)C1. The van der Waals surface area contributed by atoms with Crippen LogP contribution >= 0.6 is 11.3 Å². The lowest BCUT2D eigenvalue weighted by atomic mass is 9.82. The molecule has 3 amide bonds. The normalized spacial score (nSPS) is 18.2. The van der Waals surface area contributed by atoms with Gasteiger partial charge in [-0.3, -0.25) is 24.7 Å². The maximum absolute atomic E-state index is 12.0. The van der Waals surface area contributed by atoms with Crippen LogP contribution in [0.2, 0.25) is 0 Å². The van der Waals surface area contributed by atoms with Gasteiger partial charge >= 0.3 is 0 Å². The predicted molar refractivity (Wildman–Crippen MR) is 72.3 cm³/mol. The van der Waals surface area contributed by atoms with E-state index in [-0.39, 0.29) is 28.8 Å². The summed E-state index contributed by atoms with van der Waals surface area (Å²) in [4.78, 5) is 40.6. The minimum absolute atomic E-state index is 0.0993. The number of hydrogen-bond donors (Lipinski definition) is 2. The number of aromatic nitrogens is 1. The Balaban J connectivity index is 2.10. The Morgan fingerprint density at radius 3 is 2.60 bits per heavy atom. The standard InChI is InChI=1S/C12H16N4O3S/c1-12(2)3-8(17)16(9(18)4-12)5-7-6-20-11(14-7)10(19)15-13/h6H,3-5,13H2,1-2H3,(H,15,19). The molecule has 3 N–H and O–H groups in total. The van der Waals surface area contributed by atoms with Crippen molar-refractivity contribution in [2.75, 3.05) is 0 Å². The van der Waals surface area contributed by atoms with Crippen molar-refractivity contribution in [2.45, 2.75) is 33.2 Å². The van der Waals surface area contributed by atoms with Gasteiger partial charge < -0.3 is 0 Å². The summed E-state index contributed by atoms with van der Waals surface area (Å²) in [5.41, 5.74) is 2.20. The fourth-order valence-electron chi connectivity index (χ4n) is 2.10. The van der Waals surface area contributed by atoms with E-state index in [0.29, 0.717) is 18.5 Å². The zero-order valence-corrected chi connectivity index (χ0v) is 12.1. The highest BCUT2D eigenvalue weighted by molar-refractivity contribution is 7.11. The summed E-state index contributed by atoms with van der Waals surface area (Å²) in [5, 5.41) is 1.85. The van der Waals surface area contributed by atoms with Crippen molar-refractivity contribution < 1.29 is 14.4 Å². The van der Waals surface area contributed by atoms with E-state index >= 15 is 0 Å². The molecule has 7 nitrogen and oxygen atoms in total. The van der Waals surface area contributed by atoms with Crippen molar-refractivity contribution in [2.24, 2.45) is 11.3 Å². The van der Waals surface area contributed by atoms with Crippen molar-refractivity contribution in [3.63, 3.8) is 0 Å². The van der Waals surface area contributed by atoms with Crippen LogP contribution in [-0.4, -0.2) is 27.6 Å². The number of carbonyl (C=O) groups excluding carboxylic acids is 3. The first kappa shape index (κ1) is 14.6. The summed E-state index contributed by atoms with van der Waals surface area (Å²) in [6, 6.07) is 0. The van der Waals surface area contributed by atoms with Gasteiger partial charge in [0.05, 0.1) is 12.2 Å². The van der Waals surface area contributed by atoms with Crippen LogP contribution in [0.25, 0.3) is 0 Å². The second-order valence-electron chi connectivity index (χ2n) is 5.51. The Kier molecular flexibility index (Phi) is 3.87. The topological polar surface area (TPSA) is 105 Å². The average molecular weight is 296 g/mol. The fraction of sp³-hybridized carbons (Fsp3) is 0.500. The van der Waals surface area contributed by atoms with Gasteiger partial charge in [0.1, 0.15) is 0 Å². The van der Waals surface area contributed by atoms with Crippen molar-refractivity contribution in [1.29, 1.82) is 0 Å². The Hall–Kier alpha value is -1.80. The molecule has 0 saturated carbocycles. The molecule has 2 heterocycles. The molecule has 0 bridgehead atoms. The number of hydrogen-bond acceptors (Lipinski definition) is 6. The molecule has 20 heavy (non-hydrogen) atoms. The third kappa shape index (κ3) is 3.02. The molecule has 1 fully saturated rings. The number of piperidine rings is 1. The van der Waals surface area contributed by atoms with E-state index in [4.69, 9.17) is 5.84 Å². The summed E-state index contributed by atoms with van der Waals surface area (Å²) in [6.45, 7) is 3.89. The molecular formula is C12H16N4O3S. The molecule has 0 spiro atoms. The van der Waals surface area contributed by atoms with Crippen molar-refractivity contribution in [3.05, 3.63) is 16.1 Å². The minimum atomic E-state index is -0.487. The molecule has 0 aliphatic carbocycles. The Labute approximate surface area is 120 Å². The quantitative estimate of drug-likeness (QED) is 0.364. The monoisotopic (exact) mass is 296 g/mol. The smallest absolute Gasteiger partial charge is 0.288 e. The van der Waals surface area contributed by atoms with Crippen molar-refractivity contribution in [3.8, 4) is 0 Å². The molecule has 1 aromatic heterocycles. The van der Waals surface area contributed by atoms with Gasteiger partial charge in [0.25, 0.3) is 5.91 Å². The lowest BCUT2D eigenvalue weighted by molar-refractivity contribution is -0.153. The Bertz CT molecular complexity index is 547. The van der Waals surface area contributed by atoms with E-state index < -0.39 is 5.91 Å². The van der Waals surface area contributed by atoms with Crippen LogP contribution < -0.4 is 11.3 Å². The number of likely N-dealkylation sites (tertiary alicyclic amines) is 1. The van der Waals surface area contributed by atoms with E-state index in [0.717, 1.165) is 11.3 Å². The van der Waals surface area contributed by atoms with Crippen LogP contribution in [0.15, 0.2) is 5.38 Å². The highest BCUT2D eigenvalue weighted by atomic mass is 32.1. The Morgan fingerprint density at radius 1 is 1.45 bits per heavy atom. The number of rotatable bonds is 3. The van der Waals surface area contributed by atoms with Crippen LogP contribution in [0.1, 0.15) is 42.2 Å².